The summed E-state index contributed by atoms with van der Waals surface area (Å²) in [4.78, 5) is 31.7. The van der Waals surface area contributed by atoms with Crippen molar-refractivity contribution in [2.24, 2.45) is 0 Å². The number of halogens is 1. The number of imidazole rings is 1. The molecule has 0 spiro atoms. The van der Waals surface area contributed by atoms with Gasteiger partial charge >= 0.3 is 0 Å². The molecule has 0 radical (unpaired) electrons. The van der Waals surface area contributed by atoms with Gasteiger partial charge in [-0.1, -0.05) is 42.5 Å². The Morgan fingerprint density at radius 1 is 0.970 bits per heavy atom. The zero-order chi connectivity index (χ0) is 23.2. The number of likely N-dealkylation sites (N-methyl/N-ethyl adjacent to an activating group) is 1. The molecular weight excluding hydrogens is 419 g/mol. The Labute approximate surface area is 191 Å². The van der Waals surface area contributed by atoms with E-state index in [0.717, 1.165) is 22.4 Å². The van der Waals surface area contributed by atoms with E-state index in [1.165, 1.54) is 24.3 Å². The Morgan fingerprint density at radius 3 is 2.42 bits per heavy atom. The van der Waals surface area contributed by atoms with Gasteiger partial charge in [0.1, 0.15) is 18.2 Å². The first-order chi connectivity index (χ1) is 16.0. The molecule has 0 atom stereocenters. The molecule has 1 aromatic heterocycles. The summed E-state index contributed by atoms with van der Waals surface area (Å²) in [5, 5.41) is 2.84. The molecule has 4 rings (SSSR count). The number of nitrogens with one attached hydrogen (secondary N) is 1. The van der Waals surface area contributed by atoms with Gasteiger partial charge in [-0.15, -0.1) is 0 Å². The molecule has 0 aliphatic rings. The van der Waals surface area contributed by atoms with E-state index in [0.29, 0.717) is 25.1 Å². The quantitative estimate of drug-likeness (QED) is 0.450. The third-order valence-electron chi connectivity index (χ3n) is 5.46. The molecule has 1 N–H and O–H groups in total. The van der Waals surface area contributed by atoms with E-state index in [1.54, 1.807) is 11.9 Å². The lowest BCUT2D eigenvalue weighted by Crippen LogP contribution is -2.31. The largest absolute Gasteiger partial charge is 0.352 e. The second-order valence-corrected chi connectivity index (χ2v) is 7.85. The van der Waals surface area contributed by atoms with Crippen LogP contribution in [0.4, 0.5) is 4.39 Å². The average molecular weight is 445 g/mol. The van der Waals surface area contributed by atoms with Crippen molar-refractivity contribution in [1.29, 1.82) is 0 Å². The van der Waals surface area contributed by atoms with Gasteiger partial charge in [0.25, 0.3) is 5.91 Å². The van der Waals surface area contributed by atoms with Crippen LogP contribution in [0.15, 0.2) is 78.9 Å². The molecule has 3 aromatic carbocycles. The molecule has 0 saturated heterocycles. The lowest BCUT2D eigenvalue weighted by molar-refractivity contribution is -0.131. The molecular formula is C26H25FN4O2. The zero-order valence-corrected chi connectivity index (χ0v) is 18.4. The molecule has 2 amide bonds. The predicted octanol–water partition coefficient (Wildman–Crippen LogP) is 3.81. The van der Waals surface area contributed by atoms with E-state index in [-0.39, 0.29) is 24.2 Å². The normalized spacial score (nSPS) is 10.8. The molecule has 0 aliphatic carbocycles. The molecule has 33 heavy (non-hydrogen) atoms. The van der Waals surface area contributed by atoms with Gasteiger partial charge in [-0.05, 0) is 42.0 Å². The highest BCUT2D eigenvalue weighted by Gasteiger charge is 2.17. The minimum Gasteiger partial charge on any atom is -0.352 e. The number of nitrogens with zero attached hydrogens (tertiary/aromatic N) is 3. The fourth-order valence-corrected chi connectivity index (χ4v) is 3.69. The minimum absolute atomic E-state index is 0.0291. The molecule has 0 unspecified atom stereocenters. The monoisotopic (exact) mass is 444 g/mol. The maximum absolute atomic E-state index is 13.1. The molecule has 0 bridgehead atoms. The van der Waals surface area contributed by atoms with E-state index in [4.69, 9.17) is 0 Å². The van der Waals surface area contributed by atoms with E-state index in [2.05, 4.69) is 10.3 Å². The van der Waals surface area contributed by atoms with Crippen LogP contribution in [0.25, 0.3) is 11.0 Å². The summed E-state index contributed by atoms with van der Waals surface area (Å²) >= 11 is 0. The maximum atomic E-state index is 13.1. The maximum Gasteiger partial charge on any atom is 0.251 e. The Balaban J connectivity index is 1.45. The Hall–Kier alpha value is -4.00. The molecule has 6 nitrogen and oxygen atoms in total. The number of amides is 2. The average Bonchev–Trinajstić information content (AvgIpc) is 3.17. The fourth-order valence-electron chi connectivity index (χ4n) is 3.69. The summed E-state index contributed by atoms with van der Waals surface area (Å²) in [5.74, 6) is 0.0224. The zero-order valence-electron chi connectivity index (χ0n) is 18.4. The van der Waals surface area contributed by atoms with Crippen molar-refractivity contribution in [2.75, 3.05) is 13.6 Å². The minimum atomic E-state index is -0.387. The lowest BCUT2D eigenvalue weighted by atomic mass is 10.2. The third kappa shape index (κ3) is 5.44. The number of benzene rings is 3. The molecule has 4 aromatic rings. The fraction of sp³-hybridized carbons (Fsp3) is 0.192. The number of carbonyl (C=O) groups is 2. The first kappa shape index (κ1) is 22.2. The second kappa shape index (κ2) is 10.1. The van der Waals surface area contributed by atoms with Crippen molar-refractivity contribution in [3.05, 3.63) is 102 Å². The van der Waals surface area contributed by atoms with Crippen LogP contribution in [0.3, 0.4) is 0 Å². The summed E-state index contributed by atoms with van der Waals surface area (Å²) in [6.07, 6.45) is 0.456. The molecule has 0 aliphatic heterocycles. The van der Waals surface area contributed by atoms with E-state index in [9.17, 15) is 14.0 Å². The molecule has 0 fully saturated rings. The number of carbonyl (C=O) groups excluding carboxylic acids is 2. The van der Waals surface area contributed by atoms with Crippen molar-refractivity contribution in [2.45, 2.75) is 19.5 Å². The molecule has 168 valence electrons. The third-order valence-corrected chi connectivity index (χ3v) is 5.46. The first-order valence-electron chi connectivity index (χ1n) is 10.8. The van der Waals surface area contributed by atoms with Crippen molar-refractivity contribution >= 4 is 22.8 Å². The van der Waals surface area contributed by atoms with Crippen LogP contribution in [0, 0.1) is 5.82 Å². The van der Waals surface area contributed by atoms with Crippen LogP contribution in [0.5, 0.6) is 0 Å². The first-order valence-corrected chi connectivity index (χ1v) is 10.8. The van der Waals surface area contributed by atoms with Gasteiger partial charge in [0, 0.05) is 32.1 Å². The topological polar surface area (TPSA) is 67.2 Å². The Bertz CT molecular complexity index is 1250. The van der Waals surface area contributed by atoms with Crippen molar-refractivity contribution in [1.82, 2.24) is 19.8 Å². The van der Waals surface area contributed by atoms with Crippen LogP contribution >= 0.6 is 0 Å². The Kier molecular flexibility index (Phi) is 6.78. The molecule has 0 saturated carbocycles. The number of para-hydroxylation sites is 2. The van der Waals surface area contributed by atoms with Crippen LogP contribution < -0.4 is 5.32 Å². The van der Waals surface area contributed by atoms with Crippen molar-refractivity contribution in [3.63, 3.8) is 0 Å². The standard InChI is InChI=1S/C26H25FN4O2/c1-30(17-19-7-3-2-4-8-19)25(32)18-31-23-10-6-5-9-22(23)29-24(31)15-16-28-26(33)20-11-13-21(27)14-12-20/h2-14H,15-18H2,1H3,(H,28,33). The van der Waals surface area contributed by atoms with Gasteiger partial charge in [0.05, 0.1) is 11.0 Å². The lowest BCUT2D eigenvalue weighted by Gasteiger charge is -2.19. The van der Waals surface area contributed by atoms with Gasteiger partial charge in [0.2, 0.25) is 5.91 Å². The van der Waals surface area contributed by atoms with Crippen LogP contribution in [-0.2, 0) is 24.3 Å². The number of rotatable bonds is 8. The van der Waals surface area contributed by atoms with Crippen LogP contribution in [0.1, 0.15) is 21.7 Å². The summed E-state index contributed by atoms with van der Waals surface area (Å²) < 4.78 is 15.0. The smallest absolute Gasteiger partial charge is 0.251 e. The summed E-state index contributed by atoms with van der Waals surface area (Å²) in [6.45, 7) is 1.02. The van der Waals surface area contributed by atoms with Gasteiger partial charge in [0.15, 0.2) is 0 Å². The molecule has 1 heterocycles. The van der Waals surface area contributed by atoms with Gasteiger partial charge < -0.3 is 14.8 Å². The van der Waals surface area contributed by atoms with E-state index >= 15 is 0 Å². The number of hydrogen-bond donors (Lipinski definition) is 1. The van der Waals surface area contributed by atoms with Gasteiger partial charge in [-0.2, -0.15) is 0 Å². The van der Waals surface area contributed by atoms with Gasteiger partial charge in [-0.3, -0.25) is 9.59 Å². The van der Waals surface area contributed by atoms with E-state index in [1.807, 2.05) is 59.2 Å². The molecule has 7 heteroatoms. The van der Waals surface area contributed by atoms with Crippen molar-refractivity contribution in [3.8, 4) is 0 Å². The Morgan fingerprint density at radius 2 is 1.67 bits per heavy atom. The number of aromatic nitrogens is 2. The predicted molar refractivity (Wildman–Crippen MR) is 125 cm³/mol. The number of hydrogen-bond acceptors (Lipinski definition) is 3. The highest BCUT2D eigenvalue weighted by molar-refractivity contribution is 5.94. The van der Waals surface area contributed by atoms with Crippen molar-refractivity contribution < 1.29 is 14.0 Å². The van der Waals surface area contributed by atoms with Crippen LogP contribution in [-0.4, -0.2) is 39.9 Å². The summed E-state index contributed by atoms with van der Waals surface area (Å²) in [7, 11) is 1.79. The highest BCUT2D eigenvalue weighted by Crippen LogP contribution is 2.17. The van der Waals surface area contributed by atoms with Gasteiger partial charge in [-0.25, -0.2) is 9.37 Å². The number of fused-ring (bicyclic) bond motifs is 1. The van der Waals surface area contributed by atoms with Crippen LogP contribution in [0.2, 0.25) is 0 Å². The summed E-state index contributed by atoms with van der Waals surface area (Å²) in [5.41, 5.74) is 3.13. The second-order valence-electron chi connectivity index (χ2n) is 7.85. The SMILES string of the molecule is CN(Cc1ccccc1)C(=O)Cn1c(CCNC(=O)c2ccc(F)cc2)nc2ccccc21. The van der Waals surface area contributed by atoms with E-state index < -0.39 is 0 Å². The highest BCUT2D eigenvalue weighted by atomic mass is 19.1. The summed E-state index contributed by atoms with van der Waals surface area (Å²) in [6, 6.07) is 22.9.